The average molecular weight is 213 g/mol. The predicted molar refractivity (Wildman–Crippen MR) is 66.1 cm³/mol. The third kappa shape index (κ3) is 2.80. The summed E-state index contributed by atoms with van der Waals surface area (Å²) in [5.41, 5.74) is 2.65. The molecule has 0 aliphatic carbocycles. The van der Waals surface area contributed by atoms with Crippen LogP contribution in [-0.4, -0.2) is 0 Å². The molecular formula is C14H13S. The van der Waals surface area contributed by atoms with E-state index in [9.17, 15) is 0 Å². The van der Waals surface area contributed by atoms with Crippen molar-refractivity contribution >= 4 is 12.6 Å². The Morgan fingerprint density at radius 2 is 1.40 bits per heavy atom. The number of hydrogen-bond donors (Lipinski definition) is 0. The van der Waals surface area contributed by atoms with Crippen molar-refractivity contribution in [2.45, 2.75) is 17.7 Å². The smallest absolute Gasteiger partial charge is 0.0409 e. The van der Waals surface area contributed by atoms with Gasteiger partial charge in [0, 0.05) is 4.90 Å². The maximum Gasteiger partial charge on any atom is 0.0409 e. The van der Waals surface area contributed by atoms with Crippen molar-refractivity contribution in [1.82, 2.24) is 0 Å². The Bertz CT molecular complexity index is 420. The maximum atomic E-state index is 5.27. The zero-order chi connectivity index (χ0) is 10.5. The molecule has 1 heteroatoms. The zero-order valence-electron chi connectivity index (χ0n) is 8.52. The Hall–Kier alpha value is -1.34. The molecule has 2 rings (SSSR count). The lowest BCUT2D eigenvalue weighted by Gasteiger charge is -2.03. The van der Waals surface area contributed by atoms with Crippen LogP contribution in [0, 0.1) is 0 Å². The Kier molecular flexibility index (Phi) is 3.36. The summed E-state index contributed by atoms with van der Waals surface area (Å²) < 4.78 is 0. The van der Waals surface area contributed by atoms with E-state index in [4.69, 9.17) is 12.6 Å². The molecule has 0 bridgehead atoms. The molecule has 2 aromatic carbocycles. The van der Waals surface area contributed by atoms with Gasteiger partial charge in [-0.25, -0.2) is 0 Å². The summed E-state index contributed by atoms with van der Waals surface area (Å²) in [4.78, 5) is 0.980. The highest BCUT2D eigenvalue weighted by Crippen LogP contribution is 2.15. The van der Waals surface area contributed by atoms with Crippen LogP contribution in [0.4, 0.5) is 0 Å². The molecule has 1 radical (unpaired) electrons. The first-order valence-corrected chi connectivity index (χ1v) is 5.56. The predicted octanol–water partition coefficient (Wildman–Crippen LogP) is 4.03. The van der Waals surface area contributed by atoms with Gasteiger partial charge in [-0.05, 0) is 30.0 Å². The topological polar surface area (TPSA) is 0 Å². The van der Waals surface area contributed by atoms with E-state index in [0.717, 1.165) is 17.7 Å². The average Bonchev–Trinajstić information content (AvgIpc) is 2.29. The Morgan fingerprint density at radius 3 is 2.13 bits per heavy atom. The van der Waals surface area contributed by atoms with Gasteiger partial charge in [0.2, 0.25) is 0 Å². The Balaban J connectivity index is 2.03. The molecule has 0 aromatic heterocycles. The highest BCUT2D eigenvalue weighted by molar-refractivity contribution is 7.80. The molecule has 75 valence electrons. The van der Waals surface area contributed by atoms with E-state index >= 15 is 0 Å². The van der Waals surface area contributed by atoms with Crippen LogP contribution < -0.4 is 0 Å². The van der Waals surface area contributed by atoms with Gasteiger partial charge in [0.25, 0.3) is 0 Å². The van der Waals surface area contributed by atoms with Crippen LogP contribution in [0.25, 0.3) is 0 Å². The molecule has 0 fully saturated rings. The molecule has 0 spiro atoms. The fourth-order valence-electron chi connectivity index (χ4n) is 1.63. The molecule has 0 nitrogen and oxygen atoms in total. The monoisotopic (exact) mass is 213 g/mol. The normalized spacial score (nSPS) is 10.1. The van der Waals surface area contributed by atoms with Gasteiger partial charge in [-0.1, -0.05) is 61.2 Å². The lowest BCUT2D eigenvalue weighted by molar-refractivity contribution is 0.936. The van der Waals surface area contributed by atoms with E-state index in [-0.39, 0.29) is 0 Å². The minimum Gasteiger partial charge on any atom is -0.0798 e. The summed E-state index contributed by atoms with van der Waals surface area (Å²) in [5, 5.41) is 0. The summed E-state index contributed by atoms with van der Waals surface area (Å²) >= 11 is 5.27. The largest absolute Gasteiger partial charge is 0.0798 e. The molecule has 2 aromatic rings. The van der Waals surface area contributed by atoms with Gasteiger partial charge in [0.1, 0.15) is 0 Å². The number of aryl methyl sites for hydroxylation is 2. The minimum absolute atomic E-state index is 0.980. The molecule has 0 saturated carbocycles. The SMILES string of the molecule is [S]c1ccccc1CCc1ccccc1. The first-order chi connectivity index (χ1) is 7.36. The molecule has 0 aliphatic heterocycles. The summed E-state index contributed by atoms with van der Waals surface area (Å²) in [7, 11) is 0. The minimum atomic E-state index is 0.980. The van der Waals surface area contributed by atoms with E-state index in [0.29, 0.717) is 0 Å². The van der Waals surface area contributed by atoms with Crippen LogP contribution in [0.1, 0.15) is 11.1 Å². The second-order valence-electron chi connectivity index (χ2n) is 3.59. The highest BCUT2D eigenvalue weighted by atomic mass is 32.1. The van der Waals surface area contributed by atoms with E-state index in [2.05, 4.69) is 36.4 Å². The van der Waals surface area contributed by atoms with Crippen LogP contribution in [-0.2, 0) is 12.8 Å². The van der Waals surface area contributed by atoms with Crippen molar-refractivity contribution in [2.75, 3.05) is 0 Å². The second-order valence-corrected chi connectivity index (χ2v) is 4.03. The third-order valence-corrected chi connectivity index (χ3v) is 2.90. The first-order valence-electron chi connectivity index (χ1n) is 5.15. The molecule has 0 saturated heterocycles. The fourth-order valence-corrected chi connectivity index (χ4v) is 1.88. The van der Waals surface area contributed by atoms with Crippen molar-refractivity contribution in [3.05, 3.63) is 65.7 Å². The van der Waals surface area contributed by atoms with Gasteiger partial charge in [-0.15, -0.1) is 0 Å². The van der Waals surface area contributed by atoms with E-state index in [1.807, 2.05) is 18.2 Å². The molecular weight excluding hydrogens is 200 g/mol. The number of rotatable bonds is 3. The number of benzene rings is 2. The van der Waals surface area contributed by atoms with Gasteiger partial charge in [-0.2, -0.15) is 0 Å². The maximum absolute atomic E-state index is 5.27. The Morgan fingerprint density at radius 1 is 0.733 bits per heavy atom. The molecule has 0 amide bonds. The molecule has 0 unspecified atom stereocenters. The lowest BCUT2D eigenvalue weighted by Crippen LogP contribution is -1.91. The summed E-state index contributed by atoms with van der Waals surface area (Å²) in [6, 6.07) is 18.7. The van der Waals surface area contributed by atoms with Crippen LogP contribution in [0.15, 0.2) is 59.5 Å². The molecule has 0 heterocycles. The van der Waals surface area contributed by atoms with Gasteiger partial charge < -0.3 is 0 Å². The van der Waals surface area contributed by atoms with Crippen LogP contribution >= 0.6 is 12.6 Å². The second kappa shape index (κ2) is 4.94. The molecule has 15 heavy (non-hydrogen) atoms. The molecule has 0 N–H and O–H groups in total. The summed E-state index contributed by atoms with van der Waals surface area (Å²) in [5.74, 6) is 0. The summed E-state index contributed by atoms with van der Waals surface area (Å²) in [6.45, 7) is 0. The first kappa shape index (κ1) is 10.2. The third-order valence-electron chi connectivity index (χ3n) is 2.50. The van der Waals surface area contributed by atoms with Crippen molar-refractivity contribution in [3.8, 4) is 0 Å². The molecule has 0 aliphatic rings. The van der Waals surface area contributed by atoms with E-state index in [1.165, 1.54) is 11.1 Å². The van der Waals surface area contributed by atoms with E-state index in [1.54, 1.807) is 0 Å². The fraction of sp³-hybridized carbons (Fsp3) is 0.143. The lowest BCUT2D eigenvalue weighted by atomic mass is 10.0. The quantitative estimate of drug-likeness (QED) is 0.722. The van der Waals surface area contributed by atoms with Gasteiger partial charge in [-0.3, -0.25) is 0 Å². The zero-order valence-corrected chi connectivity index (χ0v) is 9.34. The van der Waals surface area contributed by atoms with Crippen LogP contribution in [0.5, 0.6) is 0 Å². The van der Waals surface area contributed by atoms with Crippen molar-refractivity contribution < 1.29 is 0 Å². The highest BCUT2D eigenvalue weighted by Gasteiger charge is 1.98. The van der Waals surface area contributed by atoms with Crippen molar-refractivity contribution in [1.29, 1.82) is 0 Å². The van der Waals surface area contributed by atoms with E-state index < -0.39 is 0 Å². The van der Waals surface area contributed by atoms with Gasteiger partial charge in [0.15, 0.2) is 0 Å². The van der Waals surface area contributed by atoms with Crippen LogP contribution in [0.3, 0.4) is 0 Å². The summed E-state index contributed by atoms with van der Waals surface area (Å²) in [6.07, 6.45) is 2.10. The van der Waals surface area contributed by atoms with Crippen LogP contribution in [0.2, 0.25) is 0 Å². The Labute approximate surface area is 96.4 Å². The van der Waals surface area contributed by atoms with Gasteiger partial charge >= 0.3 is 0 Å². The van der Waals surface area contributed by atoms with Crippen molar-refractivity contribution in [2.24, 2.45) is 0 Å². The standard InChI is InChI=1S/C14H13S/c15-14-9-5-4-8-13(14)11-10-12-6-2-1-3-7-12/h1-9H,10-11H2. The van der Waals surface area contributed by atoms with Gasteiger partial charge in [0.05, 0.1) is 0 Å². The van der Waals surface area contributed by atoms with Crippen molar-refractivity contribution in [3.63, 3.8) is 0 Å². The molecule has 0 atom stereocenters. The number of hydrogen-bond acceptors (Lipinski definition) is 0.